The van der Waals surface area contributed by atoms with Crippen molar-refractivity contribution in [1.82, 2.24) is 9.55 Å². The minimum Gasteiger partial charge on any atom is -0.482 e. The Bertz CT molecular complexity index is 969. The first kappa shape index (κ1) is 18.8. The monoisotopic (exact) mass is 374 g/mol. The van der Waals surface area contributed by atoms with Crippen LogP contribution in [0.15, 0.2) is 42.5 Å². The van der Waals surface area contributed by atoms with Crippen LogP contribution in [0.5, 0.6) is 5.75 Å². The van der Waals surface area contributed by atoms with Gasteiger partial charge in [0.15, 0.2) is 18.5 Å². The molecule has 2 aromatic carbocycles. The molecular weight excluding hydrogens is 354 g/mol. The highest BCUT2D eigenvalue weighted by molar-refractivity contribution is 5.76. The summed E-state index contributed by atoms with van der Waals surface area (Å²) in [6, 6.07) is 12.2. The number of aryl methyl sites for hydroxylation is 2. The maximum Gasteiger partial charge on any atom is 0.344 e. The van der Waals surface area contributed by atoms with E-state index in [-0.39, 0.29) is 17.9 Å². The Hall–Kier alpha value is -2.96. The number of ether oxygens (including phenoxy) is 2. The van der Waals surface area contributed by atoms with Crippen LogP contribution in [0.25, 0.3) is 11.0 Å². The molecule has 1 atom stereocenters. The molecule has 5 nitrogen and oxygen atoms in total. The number of hydrogen-bond donors (Lipinski definition) is 0. The number of benzene rings is 2. The van der Waals surface area contributed by atoms with Crippen LogP contribution in [0, 0.1) is 13.8 Å². The Balaban J connectivity index is 1.72. The predicted molar refractivity (Wildman–Crippen MR) is 96.9 cm³/mol. The molecule has 1 unspecified atom stereocenters. The zero-order chi connectivity index (χ0) is 19.6. The fourth-order valence-electron chi connectivity index (χ4n) is 2.84. The van der Waals surface area contributed by atoms with Gasteiger partial charge in [-0.05, 0) is 50.1 Å². The number of hydrogen-bond acceptors (Lipinski definition) is 4. The fraction of sp³-hybridized carbons (Fsp3) is 0.300. The first-order chi connectivity index (χ1) is 12.9. The van der Waals surface area contributed by atoms with Crippen LogP contribution in [0.2, 0.25) is 0 Å². The maximum absolute atomic E-state index is 13.5. The van der Waals surface area contributed by atoms with Gasteiger partial charge in [-0.25, -0.2) is 9.78 Å². The van der Waals surface area contributed by atoms with Crippen LogP contribution in [-0.4, -0.2) is 22.1 Å². The smallest absolute Gasteiger partial charge is 0.344 e. The van der Waals surface area contributed by atoms with Gasteiger partial charge in [0.25, 0.3) is 0 Å². The lowest BCUT2D eigenvalue weighted by molar-refractivity contribution is -0.151. The van der Waals surface area contributed by atoms with Crippen molar-refractivity contribution in [2.75, 3.05) is 6.61 Å². The van der Waals surface area contributed by atoms with Crippen LogP contribution in [0.3, 0.4) is 0 Å². The highest BCUT2D eigenvalue weighted by Crippen LogP contribution is 2.28. The van der Waals surface area contributed by atoms with Crippen molar-refractivity contribution in [2.24, 2.45) is 0 Å². The third-order valence-corrected chi connectivity index (χ3v) is 4.18. The number of aromatic nitrogens is 2. The Morgan fingerprint density at radius 2 is 1.93 bits per heavy atom. The summed E-state index contributed by atoms with van der Waals surface area (Å²) in [4.78, 5) is 16.3. The van der Waals surface area contributed by atoms with Gasteiger partial charge in [0, 0.05) is 0 Å². The number of carbonyl (C=O) groups is 1. The lowest BCUT2D eigenvalue weighted by atomic mass is 10.1. The third kappa shape index (κ3) is 4.07. The molecule has 0 aliphatic rings. The highest BCUT2D eigenvalue weighted by Gasteiger charge is 2.24. The van der Waals surface area contributed by atoms with E-state index in [2.05, 4.69) is 4.98 Å². The molecule has 1 aromatic heterocycles. The van der Waals surface area contributed by atoms with Gasteiger partial charge in [0.1, 0.15) is 5.75 Å². The van der Waals surface area contributed by atoms with E-state index in [1.165, 1.54) is 6.92 Å². The van der Waals surface area contributed by atoms with Gasteiger partial charge in [-0.1, -0.05) is 24.3 Å². The van der Waals surface area contributed by atoms with Crippen molar-refractivity contribution in [3.8, 4) is 5.75 Å². The normalized spacial score (nSPS) is 12.4. The van der Waals surface area contributed by atoms with Crippen molar-refractivity contribution in [2.45, 2.75) is 33.4 Å². The Morgan fingerprint density at radius 3 is 2.67 bits per heavy atom. The van der Waals surface area contributed by atoms with Gasteiger partial charge in [-0.15, -0.1) is 0 Å². The van der Waals surface area contributed by atoms with Crippen molar-refractivity contribution in [3.63, 3.8) is 0 Å². The lowest BCUT2D eigenvalue weighted by Gasteiger charge is -2.16. The van der Waals surface area contributed by atoms with E-state index in [1.54, 1.807) is 24.3 Å². The number of nitrogens with zero attached hydrogens (tertiary/aromatic N) is 2. The number of para-hydroxylation sites is 2. The Labute approximate surface area is 155 Å². The summed E-state index contributed by atoms with van der Waals surface area (Å²) < 4.78 is 38.5. The topological polar surface area (TPSA) is 53.4 Å². The quantitative estimate of drug-likeness (QED) is 0.585. The second kappa shape index (κ2) is 7.73. The standard InChI is InChI=1S/C20H20F2N2O3/c1-12-8-9-13(2)17(10-12)26-11-18(25)27-14(3)19-23-15-6-4-5-7-16(15)24(19)20(21)22/h4-10,14,20H,11H2,1-3H3. The van der Waals surface area contributed by atoms with Gasteiger partial charge in [-0.2, -0.15) is 8.78 Å². The fourth-order valence-corrected chi connectivity index (χ4v) is 2.84. The van der Waals surface area contributed by atoms with E-state index in [0.717, 1.165) is 15.7 Å². The summed E-state index contributed by atoms with van der Waals surface area (Å²) in [6.07, 6.45) is -0.943. The minimum absolute atomic E-state index is 0.00807. The molecule has 7 heteroatoms. The molecule has 0 radical (unpaired) electrons. The lowest BCUT2D eigenvalue weighted by Crippen LogP contribution is -2.19. The van der Waals surface area contributed by atoms with Gasteiger partial charge >= 0.3 is 12.5 Å². The first-order valence-corrected chi connectivity index (χ1v) is 8.51. The molecular formula is C20H20F2N2O3. The van der Waals surface area contributed by atoms with E-state index < -0.39 is 18.6 Å². The molecule has 0 N–H and O–H groups in total. The van der Waals surface area contributed by atoms with E-state index >= 15 is 0 Å². The summed E-state index contributed by atoms with van der Waals surface area (Å²) in [5, 5.41) is 0. The molecule has 3 rings (SSSR count). The molecule has 0 saturated carbocycles. The summed E-state index contributed by atoms with van der Waals surface area (Å²) in [6.45, 7) is 2.19. The molecule has 0 amide bonds. The second-order valence-electron chi connectivity index (χ2n) is 6.30. The number of fused-ring (bicyclic) bond motifs is 1. The number of imidazole rings is 1. The average molecular weight is 374 g/mol. The molecule has 0 aliphatic heterocycles. The van der Waals surface area contributed by atoms with Gasteiger partial charge in [-0.3, -0.25) is 4.57 Å². The number of carbonyl (C=O) groups excluding carboxylic acids is 1. The molecule has 3 aromatic rings. The van der Waals surface area contributed by atoms with Gasteiger partial charge in [0.2, 0.25) is 0 Å². The van der Waals surface area contributed by atoms with Crippen LogP contribution in [0.1, 0.15) is 36.5 Å². The number of esters is 1. The highest BCUT2D eigenvalue weighted by atomic mass is 19.3. The van der Waals surface area contributed by atoms with E-state index in [4.69, 9.17) is 9.47 Å². The number of rotatable bonds is 6. The molecule has 1 heterocycles. The van der Waals surface area contributed by atoms with Crippen molar-refractivity contribution in [1.29, 1.82) is 0 Å². The maximum atomic E-state index is 13.5. The van der Waals surface area contributed by atoms with Crippen LogP contribution in [-0.2, 0) is 9.53 Å². The third-order valence-electron chi connectivity index (χ3n) is 4.18. The van der Waals surface area contributed by atoms with Gasteiger partial charge in [0.05, 0.1) is 11.0 Å². The van der Waals surface area contributed by atoms with Crippen molar-refractivity contribution < 1.29 is 23.0 Å². The number of halogens is 2. The molecule has 0 fully saturated rings. The predicted octanol–water partition coefficient (Wildman–Crippen LogP) is 4.73. The zero-order valence-corrected chi connectivity index (χ0v) is 15.3. The largest absolute Gasteiger partial charge is 0.482 e. The van der Waals surface area contributed by atoms with Gasteiger partial charge < -0.3 is 9.47 Å². The zero-order valence-electron chi connectivity index (χ0n) is 15.3. The average Bonchev–Trinajstić information content (AvgIpc) is 3.02. The minimum atomic E-state index is -2.79. The molecule has 0 spiro atoms. The molecule has 0 saturated heterocycles. The van der Waals surface area contributed by atoms with Crippen molar-refractivity contribution in [3.05, 3.63) is 59.4 Å². The Morgan fingerprint density at radius 1 is 1.19 bits per heavy atom. The SMILES string of the molecule is Cc1ccc(C)c(OCC(=O)OC(C)c2nc3ccccc3n2C(F)F)c1. The number of alkyl halides is 2. The summed E-state index contributed by atoms with van der Waals surface area (Å²) >= 11 is 0. The Kier molecular flexibility index (Phi) is 5.39. The first-order valence-electron chi connectivity index (χ1n) is 8.51. The molecule has 142 valence electrons. The van der Waals surface area contributed by atoms with Crippen LogP contribution >= 0.6 is 0 Å². The summed E-state index contributed by atoms with van der Waals surface area (Å²) in [7, 11) is 0. The summed E-state index contributed by atoms with van der Waals surface area (Å²) in [5.74, 6) is -0.0815. The molecule has 27 heavy (non-hydrogen) atoms. The molecule has 0 bridgehead atoms. The van der Waals surface area contributed by atoms with E-state index in [0.29, 0.717) is 11.3 Å². The second-order valence-corrected chi connectivity index (χ2v) is 6.30. The van der Waals surface area contributed by atoms with Crippen LogP contribution < -0.4 is 4.74 Å². The van der Waals surface area contributed by atoms with Crippen molar-refractivity contribution >= 4 is 17.0 Å². The summed E-state index contributed by atoms with van der Waals surface area (Å²) in [5.41, 5.74) is 2.60. The molecule has 0 aliphatic carbocycles. The van der Waals surface area contributed by atoms with E-state index in [9.17, 15) is 13.6 Å². The van der Waals surface area contributed by atoms with Crippen LogP contribution in [0.4, 0.5) is 8.78 Å². The van der Waals surface area contributed by atoms with E-state index in [1.807, 2.05) is 32.0 Å².